The minimum Gasteiger partial charge on any atom is -0.493 e. The van der Waals surface area contributed by atoms with Gasteiger partial charge in [-0.2, -0.15) is 0 Å². The summed E-state index contributed by atoms with van der Waals surface area (Å²) in [5, 5.41) is 6.40. The summed E-state index contributed by atoms with van der Waals surface area (Å²) in [6, 6.07) is 8.02. The van der Waals surface area contributed by atoms with Crippen molar-refractivity contribution in [3.8, 4) is 5.75 Å². The minimum atomic E-state index is 0. The van der Waals surface area contributed by atoms with Gasteiger partial charge in [-0.1, -0.05) is 32.0 Å². The Kier molecular flexibility index (Phi) is 10.5. The lowest BCUT2D eigenvalue weighted by Gasteiger charge is -2.16. The van der Waals surface area contributed by atoms with E-state index in [1.54, 1.807) is 19.0 Å². The van der Waals surface area contributed by atoms with Gasteiger partial charge < -0.3 is 20.3 Å². The predicted molar refractivity (Wildman–Crippen MR) is 121 cm³/mol. The van der Waals surface area contributed by atoms with Crippen molar-refractivity contribution in [3.63, 3.8) is 0 Å². The van der Waals surface area contributed by atoms with Gasteiger partial charge in [0.15, 0.2) is 5.96 Å². The molecule has 0 spiro atoms. The van der Waals surface area contributed by atoms with Gasteiger partial charge in [-0.25, -0.2) is 4.99 Å². The Balaban J connectivity index is 0.00000364. The topological polar surface area (TPSA) is 66.0 Å². The summed E-state index contributed by atoms with van der Waals surface area (Å²) in [4.78, 5) is 18.0. The maximum Gasteiger partial charge on any atom is 0.241 e. The van der Waals surface area contributed by atoms with Gasteiger partial charge in [0.2, 0.25) is 5.91 Å². The summed E-state index contributed by atoms with van der Waals surface area (Å²) >= 11 is 0. The second-order valence-electron chi connectivity index (χ2n) is 7.44. The van der Waals surface area contributed by atoms with Crippen molar-refractivity contribution in [2.24, 2.45) is 16.8 Å². The Morgan fingerprint density at radius 1 is 1.26 bits per heavy atom. The molecule has 0 bridgehead atoms. The lowest BCUT2D eigenvalue weighted by Crippen LogP contribution is -2.44. The number of ether oxygens (including phenoxy) is 1. The molecule has 0 aliphatic heterocycles. The molecular weight excluding hydrogens is 455 g/mol. The van der Waals surface area contributed by atoms with E-state index in [0.717, 1.165) is 24.5 Å². The summed E-state index contributed by atoms with van der Waals surface area (Å²) in [5.41, 5.74) is 1.05. The third-order valence-corrected chi connectivity index (χ3v) is 4.14. The monoisotopic (exact) mass is 488 g/mol. The van der Waals surface area contributed by atoms with Crippen LogP contribution in [0.5, 0.6) is 5.75 Å². The summed E-state index contributed by atoms with van der Waals surface area (Å²) in [7, 11) is 3.49. The largest absolute Gasteiger partial charge is 0.493 e. The minimum absolute atomic E-state index is 0. The Hall–Kier alpha value is -1.51. The molecule has 0 radical (unpaired) electrons. The molecule has 0 heterocycles. The number of guanidine groups is 1. The average Bonchev–Trinajstić information content (AvgIpc) is 3.43. The Morgan fingerprint density at radius 2 is 1.96 bits per heavy atom. The highest BCUT2D eigenvalue weighted by atomic mass is 127. The highest BCUT2D eigenvalue weighted by Gasteiger charge is 2.22. The Labute approximate surface area is 180 Å². The van der Waals surface area contributed by atoms with Gasteiger partial charge in [0.25, 0.3) is 0 Å². The third kappa shape index (κ3) is 9.30. The summed E-state index contributed by atoms with van der Waals surface area (Å²) in [6.07, 6.45) is 2.54. The van der Waals surface area contributed by atoms with E-state index in [9.17, 15) is 4.79 Å². The summed E-state index contributed by atoms with van der Waals surface area (Å²) in [5.74, 6) is 2.76. The third-order valence-electron chi connectivity index (χ3n) is 4.14. The van der Waals surface area contributed by atoms with Crippen LogP contribution >= 0.6 is 24.0 Å². The number of rotatable bonds is 9. The molecule has 27 heavy (non-hydrogen) atoms. The molecule has 1 aliphatic carbocycles. The number of hydrogen-bond donors (Lipinski definition) is 2. The van der Waals surface area contributed by atoms with Gasteiger partial charge in [0.1, 0.15) is 5.75 Å². The predicted octanol–water partition coefficient (Wildman–Crippen LogP) is 2.87. The maximum atomic E-state index is 11.8. The van der Waals surface area contributed by atoms with Gasteiger partial charge >= 0.3 is 0 Å². The molecule has 1 amide bonds. The first kappa shape index (κ1) is 23.5. The van der Waals surface area contributed by atoms with E-state index < -0.39 is 0 Å². The molecule has 1 aromatic carbocycles. The van der Waals surface area contributed by atoms with E-state index in [2.05, 4.69) is 29.5 Å². The van der Waals surface area contributed by atoms with Crippen LogP contribution in [0.25, 0.3) is 0 Å². The number of amides is 1. The van der Waals surface area contributed by atoms with Crippen LogP contribution in [-0.2, 0) is 11.3 Å². The molecule has 1 aliphatic rings. The Bertz CT molecular complexity index is 616. The van der Waals surface area contributed by atoms with Gasteiger partial charge in [0.05, 0.1) is 19.7 Å². The number of aliphatic imine (C=N–C) groups is 1. The smallest absolute Gasteiger partial charge is 0.241 e. The average molecular weight is 488 g/mol. The maximum absolute atomic E-state index is 11.8. The second kappa shape index (κ2) is 12.0. The molecule has 0 atom stereocenters. The zero-order valence-electron chi connectivity index (χ0n) is 16.8. The van der Waals surface area contributed by atoms with Crippen LogP contribution < -0.4 is 15.4 Å². The number of benzene rings is 1. The number of carbonyl (C=O) groups is 1. The van der Waals surface area contributed by atoms with Crippen molar-refractivity contribution in [2.75, 3.05) is 33.8 Å². The van der Waals surface area contributed by atoms with Crippen molar-refractivity contribution >= 4 is 35.8 Å². The summed E-state index contributed by atoms with van der Waals surface area (Å²) < 4.78 is 5.95. The van der Waals surface area contributed by atoms with Gasteiger partial charge in [-0.15, -0.1) is 24.0 Å². The molecule has 1 fully saturated rings. The normalized spacial score (nSPS) is 13.7. The lowest BCUT2D eigenvalue weighted by atomic mass is 10.2. The van der Waals surface area contributed by atoms with Crippen LogP contribution in [0.4, 0.5) is 0 Å². The van der Waals surface area contributed by atoms with Crippen molar-refractivity contribution in [1.29, 1.82) is 0 Å². The van der Waals surface area contributed by atoms with E-state index in [1.807, 2.05) is 24.3 Å². The number of para-hydroxylation sites is 1. The standard InChI is InChI=1S/C20H32N4O2.HI/c1-15(2)11-21-20(23-13-19(25)24(3)4)22-12-17-7-5-6-8-18(17)26-14-16-9-10-16;/h5-8,15-16H,9-14H2,1-4H3,(H2,21,22,23);1H. The number of halogens is 1. The van der Waals surface area contributed by atoms with E-state index >= 15 is 0 Å². The molecule has 0 saturated heterocycles. The van der Waals surface area contributed by atoms with Gasteiger partial charge in [0, 0.05) is 26.2 Å². The first-order chi connectivity index (χ1) is 12.5. The quantitative estimate of drug-likeness (QED) is 0.319. The number of nitrogens with zero attached hydrogens (tertiary/aromatic N) is 2. The zero-order chi connectivity index (χ0) is 18.9. The number of nitrogens with one attached hydrogen (secondary N) is 2. The van der Waals surface area contributed by atoms with Crippen molar-refractivity contribution in [2.45, 2.75) is 33.2 Å². The lowest BCUT2D eigenvalue weighted by molar-refractivity contribution is -0.127. The molecule has 1 aromatic rings. The molecular formula is C20H33IN4O2. The number of hydrogen-bond acceptors (Lipinski definition) is 3. The molecule has 7 heteroatoms. The van der Waals surface area contributed by atoms with Crippen molar-refractivity contribution in [3.05, 3.63) is 29.8 Å². The number of likely N-dealkylation sites (N-methyl/N-ethyl adjacent to an activating group) is 1. The van der Waals surface area contributed by atoms with Crippen LogP contribution in [0, 0.1) is 11.8 Å². The van der Waals surface area contributed by atoms with E-state index in [1.165, 1.54) is 12.8 Å². The van der Waals surface area contributed by atoms with Crippen LogP contribution in [0.1, 0.15) is 32.3 Å². The zero-order valence-corrected chi connectivity index (χ0v) is 19.2. The van der Waals surface area contributed by atoms with Gasteiger partial charge in [-0.05, 0) is 30.7 Å². The van der Waals surface area contributed by atoms with Crippen LogP contribution in [0.3, 0.4) is 0 Å². The Morgan fingerprint density at radius 3 is 2.59 bits per heavy atom. The molecule has 152 valence electrons. The molecule has 0 aromatic heterocycles. The first-order valence-corrected chi connectivity index (χ1v) is 9.38. The molecule has 2 N–H and O–H groups in total. The highest BCUT2D eigenvalue weighted by Crippen LogP contribution is 2.30. The van der Waals surface area contributed by atoms with Crippen LogP contribution in [0.15, 0.2) is 29.3 Å². The first-order valence-electron chi connectivity index (χ1n) is 9.38. The fourth-order valence-electron chi connectivity index (χ4n) is 2.22. The summed E-state index contributed by atoms with van der Waals surface area (Å²) in [6.45, 7) is 6.57. The molecule has 2 rings (SSSR count). The fourth-order valence-corrected chi connectivity index (χ4v) is 2.22. The molecule has 6 nitrogen and oxygen atoms in total. The van der Waals surface area contributed by atoms with E-state index in [0.29, 0.717) is 24.3 Å². The second-order valence-corrected chi connectivity index (χ2v) is 7.44. The van der Waals surface area contributed by atoms with Crippen LogP contribution in [0.2, 0.25) is 0 Å². The molecule has 0 unspecified atom stereocenters. The molecule has 1 saturated carbocycles. The van der Waals surface area contributed by atoms with E-state index in [-0.39, 0.29) is 36.4 Å². The van der Waals surface area contributed by atoms with Crippen molar-refractivity contribution < 1.29 is 9.53 Å². The van der Waals surface area contributed by atoms with Crippen molar-refractivity contribution in [1.82, 2.24) is 15.5 Å². The fraction of sp³-hybridized carbons (Fsp3) is 0.600. The van der Waals surface area contributed by atoms with E-state index in [4.69, 9.17) is 4.74 Å². The SMILES string of the molecule is CC(C)CNC(=NCc1ccccc1OCC1CC1)NCC(=O)N(C)C.I. The number of carbonyl (C=O) groups excluding carboxylic acids is 1. The van der Waals surface area contributed by atoms with Gasteiger partial charge in [-0.3, -0.25) is 4.79 Å². The van der Waals surface area contributed by atoms with Crippen LogP contribution in [-0.4, -0.2) is 50.6 Å². The highest BCUT2D eigenvalue weighted by molar-refractivity contribution is 14.0.